The quantitative estimate of drug-likeness (QED) is 0.101. The number of hydrogen-bond donors (Lipinski definition) is 5. The summed E-state index contributed by atoms with van der Waals surface area (Å²) in [5.74, 6) is -1.83. The second-order valence-corrected chi connectivity index (χ2v) is 11.4. The summed E-state index contributed by atoms with van der Waals surface area (Å²) in [7, 11) is 0. The fourth-order valence-electron chi connectivity index (χ4n) is 5.35. The highest BCUT2D eigenvalue weighted by Gasteiger charge is 2.51. The van der Waals surface area contributed by atoms with Gasteiger partial charge in [-0.25, -0.2) is 4.79 Å². The monoisotopic (exact) mass is 623 g/mol. The molecule has 1 amide bonds. The minimum atomic E-state index is -1.55. The number of aliphatic hydroxyl groups is 5. The van der Waals surface area contributed by atoms with Crippen molar-refractivity contribution < 1.29 is 63.5 Å². The van der Waals surface area contributed by atoms with Crippen LogP contribution in [0.3, 0.4) is 0 Å². The van der Waals surface area contributed by atoms with E-state index in [4.69, 9.17) is 33.5 Å². The molecule has 1 saturated heterocycles. The number of nitrogens with zero attached hydrogens (tertiary/aromatic N) is 1. The predicted molar refractivity (Wildman–Crippen MR) is 152 cm³/mol. The van der Waals surface area contributed by atoms with Crippen LogP contribution >= 0.6 is 0 Å². The Bertz CT molecular complexity index is 830. The zero-order chi connectivity index (χ0) is 32.3. The molecule has 0 aromatic heterocycles. The van der Waals surface area contributed by atoms with E-state index < -0.39 is 67.0 Å². The van der Waals surface area contributed by atoms with E-state index in [0.29, 0.717) is 25.9 Å². The second-order valence-electron chi connectivity index (χ2n) is 11.4. The Morgan fingerprint density at radius 3 is 2.07 bits per heavy atom. The van der Waals surface area contributed by atoms with E-state index in [2.05, 4.69) is 0 Å². The lowest BCUT2D eigenvalue weighted by Crippen LogP contribution is -2.62. The van der Waals surface area contributed by atoms with Gasteiger partial charge in [0.05, 0.1) is 50.2 Å². The Balaban J connectivity index is 2.10. The van der Waals surface area contributed by atoms with Gasteiger partial charge in [0.15, 0.2) is 12.4 Å². The summed E-state index contributed by atoms with van der Waals surface area (Å²) in [6, 6.07) is 0. The molecule has 0 bridgehead atoms. The van der Waals surface area contributed by atoms with E-state index in [9.17, 15) is 30.0 Å². The van der Waals surface area contributed by atoms with Gasteiger partial charge in [0.1, 0.15) is 30.5 Å². The molecule has 43 heavy (non-hydrogen) atoms. The van der Waals surface area contributed by atoms with Gasteiger partial charge in [-0.3, -0.25) is 4.79 Å². The number of carbonyl (C=O) groups is 2. The molecule has 1 aliphatic heterocycles. The minimum Gasteiger partial charge on any atom is -0.464 e. The number of carbonyl (C=O) groups excluding carboxylic acids is 2. The molecule has 10 atom stereocenters. The van der Waals surface area contributed by atoms with Crippen LogP contribution in [0.15, 0.2) is 0 Å². The van der Waals surface area contributed by atoms with E-state index >= 15 is 0 Å². The van der Waals surface area contributed by atoms with Crippen molar-refractivity contribution >= 4 is 11.9 Å². The van der Waals surface area contributed by atoms with E-state index in [1.54, 1.807) is 39.5 Å². The van der Waals surface area contributed by atoms with E-state index in [1.165, 1.54) is 0 Å². The SMILES string of the molecule is CCOC(=O)C1O[C@@H](OC(C)C)[C@@H](O)[C@@H](O)[C@@H]1OCCO[C@@H]1CC(C(=O)N(CC)CCCCO)[C@@H](OC(C)C)[C@H](O)[C@@H]1O. The number of esters is 1. The molecule has 2 rings (SSSR count). The van der Waals surface area contributed by atoms with Crippen molar-refractivity contribution in [2.75, 3.05) is 39.5 Å². The lowest BCUT2D eigenvalue weighted by molar-refractivity contribution is -0.309. The van der Waals surface area contributed by atoms with Crippen LogP contribution in [0.5, 0.6) is 0 Å². The molecule has 2 aliphatic rings. The maximum atomic E-state index is 13.6. The molecule has 1 aliphatic carbocycles. The van der Waals surface area contributed by atoms with Gasteiger partial charge < -0.3 is 58.9 Å². The van der Waals surface area contributed by atoms with Crippen molar-refractivity contribution in [1.82, 2.24) is 4.90 Å². The maximum absolute atomic E-state index is 13.6. The standard InChI is InChI=1S/C29H53NO13/c1-7-30(11-9-10-12-31)27(36)18-15-19(20(32)21(33)24(18)41-16(3)4)39-13-14-40-25-22(34)23(35)29(42-17(5)6)43-26(25)28(37)38-8-2/h16-26,29,31-35H,7-15H2,1-6H3/t18?,19-,20-,21-,22-,23+,24-,25+,26?,29-/m1/s1. The Labute approximate surface area is 254 Å². The predicted octanol–water partition coefficient (Wildman–Crippen LogP) is -0.652. The summed E-state index contributed by atoms with van der Waals surface area (Å²) < 4.78 is 33.7. The van der Waals surface area contributed by atoms with Crippen LogP contribution in [0.4, 0.5) is 0 Å². The number of ether oxygens (including phenoxy) is 6. The van der Waals surface area contributed by atoms with Crippen LogP contribution in [-0.4, -0.2) is 149 Å². The normalized spacial score (nSPS) is 33.1. The third-order valence-corrected chi connectivity index (χ3v) is 7.42. The molecule has 2 fully saturated rings. The van der Waals surface area contributed by atoms with Gasteiger partial charge in [0, 0.05) is 19.7 Å². The average molecular weight is 624 g/mol. The molecule has 5 N–H and O–H groups in total. The molecule has 0 aromatic carbocycles. The fraction of sp³-hybridized carbons (Fsp3) is 0.931. The van der Waals surface area contributed by atoms with Gasteiger partial charge in [-0.2, -0.15) is 0 Å². The molecule has 0 radical (unpaired) electrons. The number of unbranched alkanes of at least 4 members (excludes halogenated alkanes) is 1. The third-order valence-electron chi connectivity index (χ3n) is 7.42. The van der Waals surface area contributed by atoms with Crippen LogP contribution in [0, 0.1) is 5.92 Å². The molecule has 1 heterocycles. The Morgan fingerprint density at radius 2 is 1.49 bits per heavy atom. The molecule has 14 heteroatoms. The van der Waals surface area contributed by atoms with Crippen LogP contribution < -0.4 is 0 Å². The lowest BCUT2D eigenvalue weighted by atomic mass is 9.79. The largest absolute Gasteiger partial charge is 0.464 e. The molecular weight excluding hydrogens is 570 g/mol. The third kappa shape index (κ3) is 10.6. The lowest BCUT2D eigenvalue weighted by Gasteiger charge is -2.44. The van der Waals surface area contributed by atoms with Crippen LogP contribution in [0.2, 0.25) is 0 Å². The van der Waals surface area contributed by atoms with Gasteiger partial charge in [0.25, 0.3) is 0 Å². The average Bonchev–Trinajstić information content (AvgIpc) is 2.95. The van der Waals surface area contributed by atoms with Gasteiger partial charge in [-0.05, 0) is 60.8 Å². The summed E-state index contributed by atoms with van der Waals surface area (Å²) in [6.45, 7) is 11.1. The summed E-state index contributed by atoms with van der Waals surface area (Å²) >= 11 is 0. The molecule has 14 nitrogen and oxygen atoms in total. The zero-order valence-corrected chi connectivity index (χ0v) is 26.2. The molecule has 2 unspecified atom stereocenters. The van der Waals surface area contributed by atoms with Crippen LogP contribution in [0.1, 0.15) is 60.8 Å². The fourth-order valence-corrected chi connectivity index (χ4v) is 5.35. The van der Waals surface area contributed by atoms with Crippen molar-refractivity contribution in [3.8, 4) is 0 Å². The van der Waals surface area contributed by atoms with Crippen molar-refractivity contribution in [2.24, 2.45) is 5.92 Å². The topological polar surface area (TPSA) is 194 Å². The molecule has 0 spiro atoms. The molecule has 1 saturated carbocycles. The van der Waals surface area contributed by atoms with E-state index in [1.807, 2.05) is 6.92 Å². The van der Waals surface area contributed by atoms with Crippen molar-refractivity contribution in [3.05, 3.63) is 0 Å². The number of amides is 1. The first-order chi connectivity index (χ1) is 20.4. The van der Waals surface area contributed by atoms with E-state index in [-0.39, 0.29) is 51.0 Å². The summed E-state index contributed by atoms with van der Waals surface area (Å²) in [6.07, 6.45) is -11.1. The zero-order valence-electron chi connectivity index (χ0n) is 26.2. The van der Waals surface area contributed by atoms with Crippen molar-refractivity contribution in [1.29, 1.82) is 0 Å². The number of hydrogen-bond acceptors (Lipinski definition) is 13. The highest BCUT2D eigenvalue weighted by molar-refractivity contribution is 5.80. The van der Waals surface area contributed by atoms with Gasteiger partial charge in [-0.1, -0.05) is 0 Å². The molecule has 252 valence electrons. The summed E-state index contributed by atoms with van der Waals surface area (Å²) in [5, 5.41) is 52.3. The van der Waals surface area contributed by atoms with Gasteiger partial charge >= 0.3 is 5.97 Å². The second kappa shape index (κ2) is 18.5. The number of aliphatic hydroxyl groups excluding tert-OH is 5. The summed E-state index contributed by atoms with van der Waals surface area (Å²) in [4.78, 5) is 27.8. The van der Waals surface area contributed by atoms with Crippen LogP contribution in [0.25, 0.3) is 0 Å². The van der Waals surface area contributed by atoms with Crippen LogP contribution in [-0.2, 0) is 38.0 Å². The summed E-state index contributed by atoms with van der Waals surface area (Å²) in [5.41, 5.74) is 0. The number of rotatable bonds is 17. The highest BCUT2D eigenvalue weighted by atomic mass is 16.7. The highest BCUT2D eigenvalue weighted by Crippen LogP contribution is 2.33. The maximum Gasteiger partial charge on any atom is 0.338 e. The first-order valence-corrected chi connectivity index (χ1v) is 15.4. The van der Waals surface area contributed by atoms with Crippen molar-refractivity contribution in [3.63, 3.8) is 0 Å². The van der Waals surface area contributed by atoms with Crippen molar-refractivity contribution in [2.45, 2.75) is 128 Å². The minimum absolute atomic E-state index is 0.0208. The Kier molecular flexibility index (Phi) is 16.2. The van der Waals surface area contributed by atoms with E-state index in [0.717, 1.165) is 0 Å². The first-order valence-electron chi connectivity index (χ1n) is 15.4. The molecular formula is C29H53NO13. The first kappa shape index (κ1) is 37.7. The van der Waals surface area contributed by atoms with Gasteiger partial charge in [0.2, 0.25) is 5.91 Å². The Morgan fingerprint density at radius 1 is 0.860 bits per heavy atom. The smallest absolute Gasteiger partial charge is 0.338 e. The molecule has 0 aromatic rings. The van der Waals surface area contributed by atoms with Gasteiger partial charge in [-0.15, -0.1) is 0 Å². The Hall–Kier alpha value is -1.46.